The van der Waals surface area contributed by atoms with Gasteiger partial charge in [0, 0.05) is 24.5 Å². The van der Waals surface area contributed by atoms with Crippen LogP contribution in [-0.2, 0) is 9.47 Å². The lowest BCUT2D eigenvalue weighted by molar-refractivity contribution is -0.0336. The van der Waals surface area contributed by atoms with Crippen molar-refractivity contribution in [1.29, 1.82) is 0 Å². The number of unbranched alkanes of at least 4 members (excludes halogenated alkanes) is 2. The number of aliphatic hydroxyl groups excluding tert-OH is 1. The number of amides is 1. The molecule has 11 heteroatoms. The zero-order valence-electron chi connectivity index (χ0n) is 27.5. The standard InChI is InChI=1S/C38H44N4O7/c43-31-14-12-29(30-13-15-34(45)40-36(30)31)32(44)23-39-18-5-2-6-21-48-37(46)28-11-7-10-27(22-28)35(26-8-3-1-4-9-26)41-38(47)49-33-24-42-19-16-25(33)17-20-42/h1,3-4,7-15,22,25,32-33,35,39,43-44H,2,5-6,16-21,23-24H2,(H,40,45)(H,41,47)/t32-,33+,35?/m1/s1. The number of nitrogens with one attached hydrogen (secondary N) is 3. The molecule has 3 atom stereocenters. The number of rotatable bonds is 14. The van der Waals surface area contributed by atoms with Gasteiger partial charge in [-0.2, -0.15) is 0 Å². The molecule has 11 nitrogen and oxygen atoms in total. The number of phenols is 1. The van der Waals surface area contributed by atoms with Crippen molar-refractivity contribution in [3.05, 3.63) is 111 Å². The minimum absolute atomic E-state index is 0.0462. The van der Waals surface area contributed by atoms with Crippen LogP contribution in [0.5, 0.6) is 5.75 Å². The number of aromatic hydroxyl groups is 1. The third-order valence-electron chi connectivity index (χ3n) is 9.54. The van der Waals surface area contributed by atoms with Crippen molar-refractivity contribution in [3.63, 3.8) is 0 Å². The van der Waals surface area contributed by atoms with E-state index in [9.17, 15) is 24.6 Å². The molecule has 3 aliphatic heterocycles. The molecule has 49 heavy (non-hydrogen) atoms. The lowest BCUT2D eigenvalue weighted by Gasteiger charge is -2.43. The molecule has 0 spiro atoms. The van der Waals surface area contributed by atoms with Gasteiger partial charge in [0.2, 0.25) is 5.56 Å². The average molecular weight is 669 g/mol. The Balaban J connectivity index is 0.952. The normalized spacial score (nSPS) is 19.7. The Morgan fingerprint density at radius 3 is 2.51 bits per heavy atom. The molecule has 5 N–H and O–H groups in total. The van der Waals surface area contributed by atoms with Crippen molar-refractivity contribution in [3.8, 4) is 5.75 Å². The van der Waals surface area contributed by atoms with E-state index in [2.05, 4.69) is 20.5 Å². The van der Waals surface area contributed by atoms with Crippen LogP contribution in [0.3, 0.4) is 0 Å². The highest BCUT2D eigenvalue weighted by Gasteiger charge is 2.37. The largest absolute Gasteiger partial charge is 0.506 e. The molecule has 0 radical (unpaired) electrons. The molecule has 3 fully saturated rings. The first-order chi connectivity index (χ1) is 23.9. The molecule has 7 rings (SSSR count). The summed E-state index contributed by atoms with van der Waals surface area (Å²) >= 11 is 0. The monoisotopic (exact) mass is 668 g/mol. The predicted octanol–water partition coefficient (Wildman–Crippen LogP) is 4.79. The maximum Gasteiger partial charge on any atom is 0.408 e. The summed E-state index contributed by atoms with van der Waals surface area (Å²) in [5, 5.41) is 27.7. The van der Waals surface area contributed by atoms with Crippen molar-refractivity contribution in [2.75, 3.05) is 39.3 Å². The number of aromatic amines is 1. The molecule has 258 valence electrons. The summed E-state index contributed by atoms with van der Waals surface area (Å²) in [6.07, 6.45) is 3.04. The quantitative estimate of drug-likeness (QED) is 0.0943. The zero-order chi connectivity index (χ0) is 34.2. The molecule has 1 amide bonds. The van der Waals surface area contributed by atoms with Gasteiger partial charge in [-0.25, -0.2) is 9.59 Å². The Labute approximate surface area is 285 Å². The average Bonchev–Trinajstić information content (AvgIpc) is 3.13. The summed E-state index contributed by atoms with van der Waals surface area (Å²) < 4.78 is 11.5. The van der Waals surface area contributed by atoms with Gasteiger partial charge in [-0.05, 0) is 98.6 Å². The van der Waals surface area contributed by atoms with Gasteiger partial charge in [0.05, 0.1) is 29.8 Å². The van der Waals surface area contributed by atoms with Crippen LogP contribution >= 0.6 is 0 Å². The smallest absolute Gasteiger partial charge is 0.408 e. The van der Waals surface area contributed by atoms with Crippen molar-refractivity contribution >= 4 is 23.0 Å². The van der Waals surface area contributed by atoms with Crippen molar-refractivity contribution in [1.82, 2.24) is 20.5 Å². The molecule has 0 saturated carbocycles. The first-order valence-corrected chi connectivity index (χ1v) is 17.1. The van der Waals surface area contributed by atoms with Gasteiger partial charge < -0.3 is 35.3 Å². The minimum atomic E-state index is -0.821. The van der Waals surface area contributed by atoms with Crippen LogP contribution in [-0.4, -0.2) is 77.6 Å². The molecule has 3 aromatic carbocycles. The zero-order valence-corrected chi connectivity index (χ0v) is 27.5. The predicted molar refractivity (Wildman–Crippen MR) is 185 cm³/mol. The molecule has 4 aromatic rings. The highest BCUT2D eigenvalue weighted by molar-refractivity contribution is 5.89. The van der Waals surface area contributed by atoms with E-state index in [1.807, 2.05) is 36.4 Å². The summed E-state index contributed by atoms with van der Waals surface area (Å²) in [7, 11) is 0. The number of esters is 1. The number of aromatic nitrogens is 1. The van der Waals surface area contributed by atoms with Crippen LogP contribution in [0.1, 0.15) is 71.3 Å². The number of fused-ring (bicyclic) bond motifs is 4. The first kappa shape index (κ1) is 34.2. The van der Waals surface area contributed by atoms with Gasteiger partial charge in [0.1, 0.15) is 11.9 Å². The molecule has 3 aliphatic rings. The summed E-state index contributed by atoms with van der Waals surface area (Å²) in [6, 6.07) is 22.4. The highest BCUT2D eigenvalue weighted by Crippen LogP contribution is 2.31. The molecular weight excluding hydrogens is 624 g/mol. The summed E-state index contributed by atoms with van der Waals surface area (Å²) in [6.45, 7) is 4.15. The Bertz CT molecular complexity index is 1790. The Hall–Kier alpha value is -4.71. The number of hydrogen-bond donors (Lipinski definition) is 5. The second-order valence-electron chi connectivity index (χ2n) is 12.9. The van der Waals surface area contributed by atoms with Crippen LogP contribution in [0.15, 0.2) is 83.7 Å². The number of hydrogen-bond acceptors (Lipinski definition) is 9. The number of carbonyl (C=O) groups excluding carboxylic acids is 2. The number of ether oxygens (including phenoxy) is 2. The maximum absolute atomic E-state index is 13.1. The number of phenolic OH excluding ortho intramolecular Hbond substituents is 1. The second kappa shape index (κ2) is 16.1. The van der Waals surface area contributed by atoms with Gasteiger partial charge in [0.25, 0.3) is 0 Å². The van der Waals surface area contributed by atoms with E-state index in [0.717, 1.165) is 56.4 Å². The van der Waals surface area contributed by atoms with Crippen LogP contribution in [0.25, 0.3) is 10.9 Å². The fourth-order valence-corrected chi connectivity index (χ4v) is 6.86. The van der Waals surface area contributed by atoms with Crippen molar-refractivity contribution in [2.24, 2.45) is 5.92 Å². The Morgan fingerprint density at radius 1 is 0.939 bits per heavy atom. The summed E-state index contributed by atoms with van der Waals surface area (Å²) in [5.74, 6) is -0.0667. The van der Waals surface area contributed by atoms with Gasteiger partial charge in [-0.1, -0.05) is 48.5 Å². The van der Waals surface area contributed by atoms with Gasteiger partial charge >= 0.3 is 12.1 Å². The summed E-state index contributed by atoms with van der Waals surface area (Å²) in [4.78, 5) is 42.7. The van der Waals surface area contributed by atoms with Crippen LogP contribution in [0, 0.1) is 5.92 Å². The van der Waals surface area contributed by atoms with Crippen LogP contribution < -0.4 is 16.2 Å². The van der Waals surface area contributed by atoms with E-state index in [0.29, 0.717) is 47.5 Å². The van der Waals surface area contributed by atoms with Gasteiger partial charge in [0.15, 0.2) is 0 Å². The maximum atomic E-state index is 13.1. The lowest BCUT2D eigenvalue weighted by atomic mass is 9.86. The summed E-state index contributed by atoms with van der Waals surface area (Å²) in [5.41, 5.74) is 2.64. The third-order valence-corrected chi connectivity index (χ3v) is 9.54. The Kier molecular flexibility index (Phi) is 11.2. The van der Waals surface area contributed by atoms with E-state index in [1.54, 1.807) is 30.3 Å². The molecule has 1 aromatic heterocycles. The Morgan fingerprint density at radius 2 is 1.73 bits per heavy atom. The fraction of sp³-hybridized carbons (Fsp3) is 0.395. The van der Waals surface area contributed by atoms with E-state index < -0.39 is 24.2 Å². The van der Waals surface area contributed by atoms with Crippen LogP contribution in [0.4, 0.5) is 4.79 Å². The first-order valence-electron chi connectivity index (χ1n) is 17.1. The van der Waals surface area contributed by atoms with Crippen molar-refractivity contribution < 1.29 is 29.3 Å². The van der Waals surface area contributed by atoms with E-state index >= 15 is 0 Å². The number of pyridine rings is 1. The number of benzene rings is 3. The van der Waals surface area contributed by atoms with E-state index in [4.69, 9.17) is 9.47 Å². The molecule has 1 unspecified atom stereocenters. The number of piperidine rings is 3. The highest BCUT2D eigenvalue weighted by atomic mass is 16.6. The van der Waals surface area contributed by atoms with Crippen molar-refractivity contribution in [2.45, 2.75) is 50.4 Å². The van der Waals surface area contributed by atoms with Crippen LogP contribution in [0.2, 0.25) is 0 Å². The van der Waals surface area contributed by atoms with Gasteiger partial charge in [-0.3, -0.25) is 9.69 Å². The SMILES string of the molecule is O=C(NC(c1ccccc1)c1cccc(C(=O)OCCCCCNC[C@@H](O)c2ccc(O)c3[nH]c(=O)ccc23)c1)O[C@H]1CN2CCC1CC2. The number of aliphatic hydroxyl groups is 1. The fourth-order valence-electron chi connectivity index (χ4n) is 6.86. The van der Waals surface area contributed by atoms with E-state index in [1.165, 1.54) is 12.1 Å². The minimum Gasteiger partial charge on any atom is -0.506 e. The number of carbonyl (C=O) groups is 2. The number of H-pyrrole nitrogens is 1. The number of alkyl carbamates (subject to hydrolysis) is 1. The van der Waals surface area contributed by atoms with Gasteiger partial charge in [-0.15, -0.1) is 0 Å². The third kappa shape index (κ3) is 8.66. The lowest BCUT2D eigenvalue weighted by Crippen LogP contribution is -2.52. The number of nitrogens with zero attached hydrogens (tertiary/aromatic N) is 1. The molecule has 3 saturated heterocycles. The molecule has 4 heterocycles. The molecule has 2 bridgehead atoms. The van der Waals surface area contributed by atoms with E-state index in [-0.39, 0.29) is 24.0 Å². The topological polar surface area (TPSA) is 153 Å². The second-order valence-corrected chi connectivity index (χ2v) is 12.9. The molecular formula is C38H44N4O7. The molecule has 0 aliphatic carbocycles.